The summed E-state index contributed by atoms with van der Waals surface area (Å²) in [5.41, 5.74) is 0.762. The number of carboxylic acid groups (broad SMARTS) is 1. The van der Waals surface area contributed by atoms with Crippen molar-refractivity contribution in [1.82, 2.24) is 4.57 Å². The highest BCUT2D eigenvalue weighted by molar-refractivity contribution is 5.91. The summed E-state index contributed by atoms with van der Waals surface area (Å²) in [7, 11) is 1.56. The number of carbonyl (C=O) groups is 1. The van der Waals surface area contributed by atoms with Gasteiger partial charge in [-0.3, -0.25) is 4.79 Å². The molecule has 0 saturated carbocycles. The first kappa shape index (κ1) is 13.3. The topological polar surface area (TPSA) is 71.4 Å². The summed E-state index contributed by atoms with van der Waals surface area (Å²) < 4.78 is 6.69. The van der Waals surface area contributed by atoms with E-state index in [1.807, 2.05) is 13.0 Å². The molecule has 100 valence electrons. The number of carbonyl (C=O) groups excluding carboxylic acids is 1. The van der Waals surface area contributed by atoms with Crippen molar-refractivity contribution >= 4 is 16.9 Å². The largest absolute Gasteiger partial charge is 0.545 e. The molecule has 0 aliphatic carbocycles. The molecule has 0 aliphatic heterocycles. The lowest BCUT2D eigenvalue weighted by atomic mass is 10.1. The van der Waals surface area contributed by atoms with Crippen molar-refractivity contribution in [2.45, 2.75) is 13.5 Å². The van der Waals surface area contributed by atoms with Crippen molar-refractivity contribution in [2.24, 2.45) is 0 Å². The Labute approximate surface area is 110 Å². The first-order valence-corrected chi connectivity index (χ1v) is 5.88. The lowest BCUT2D eigenvalue weighted by Crippen LogP contribution is -2.30. The average molecular weight is 260 g/mol. The van der Waals surface area contributed by atoms with E-state index in [-0.39, 0.29) is 5.56 Å². The van der Waals surface area contributed by atoms with E-state index in [1.54, 1.807) is 23.8 Å². The number of hydrogen-bond acceptors (Lipinski definition) is 4. The minimum absolute atomic E-state index is 0.325. The Balaban J connectivity index is 2.76. The predicted molar refractivity (Wildman–Crippen MR) is 69.2 cm³/mol. The van der Waals surface area contributed by atoms with Gasteiger partial charge in [-0.1, -0.05) is 11.6 Å². The van der Waals surface area contributed by atoms with Crippen molar-refractivity contribution in [1.29, 1.82) is 0 Å². The number of aromatic nitrogens is 1. The lowest BCUT2D eigenvalue weighted by Gasteiger charge is -2.14. The van der Waals surface area contributed by atoms with Gasteiger partial charge in [-0.25, -0.2) is 0 Å². The average Bonchev–Trinajstić information content (AvgIpc) is 2.38. The van der Waals surface area contributed by atoms with Gasteiger partial charge in [0.05, 0.1) is 23.7 Å². The van der Waals surface area contributed by atoms with Crippen LogP contribution in [0.15, 0.2) is 29.2 Å². The zero-order valence-corrected chi connectivity index (χ0v) is 10.8. The summed E-state index contributed by atoms with van der Waals surface area (Å²) in [4.78, 5) is 23.1. The molecule has 0 spiro atoms. The van der Waals surface area contributed by atoms with Gasteiger partial charge in [0, 0.05) is 25.2 Å². The molecule has 2 aromatic rings. The number of aryl methyl sites for hydroxylation is 1. The fourth-order valence-electron chi connectivity index (χ4n) is 2.03. The van der Waals surface area contributed by atoms with Gasteiger partial charge in [-0.05, 0) is 19.1 Å². The molecular weight excluding hydrogens is 246 g/mol. The van der Waals surface area contributed by atoms with Gasteiger partial charge < -0.3 is 19.2 Å². The summed E-state index contributed by atoms with van der Waals surface area (Å²) in [5, 5.41) is 11.4. The zero-order valence-electron chi connectivity index (χ0n) is 10.8. The molecule has 0 fully saturated rings. The smallest absolute Gasteiger partial charge is 0.198 e. The van der Waals surface area contributed by atoms with Crippen LogP contribution in [0.1, 0.15) is 15.9 Å². The SMILES string of the molecule is COCCn1cc(C(=O)[O-])c(=O)c2cc(C)ccc21. The molecule has 5 heteroatoms. The van der Waals surface area contributed by atoms with Crippen LogP contribution in [-0.2, 0) is 11.3 Å². The normalized spacial score (nSPS) is 10.8. The van der Waals surface area contributed by atoms with Gasteiger partial charge in [-0.2, -0.15) is 0 Å². The molecule has 2 rings (SSSR count). The number of aromatic carboxylic acids is 1. The van der Waals surface area contributed by atoms with Crippen molar-refractivity contribution in [3.8, 4) is 0 Å². The van der Waals surface area contributed by atoms with Crippen LogP contribution in [0.25, 0.3) is 10.9 Å². The van der Waals surface area contributed by atoms with E-state index < -0.39 is 11.4 Å². The molecule has 0 saturated heterocycles. The van der Waals surface area contributed by atoms with Crippen LogP contribution in [-0.4, -0.2) is 24.3 Å². The maximum atomic E-state index is 12.1. The van der Waals surface area contributed by atoms with Gasteiger partial charge in [-0.15, -0.1) is 0 Å². The Morgan fingerprint density at radius 3 is 2.79 bits per heavy atom. The second kappa shape index (κ2) is 5.24. The van der Waals surface area contributed by atoms with E-state index in [1.165, 1.54) is 6.20 Å². The second-order valence-corrected chi connectivity index (χ2v) is 4.37. The fourth-order valence-corrected chi connectivity index (χ4v) is 2.03. The highest BCUT2D eigenvalue weighted by Crippen LogP contribution is 2.14. The van der Waals surface area contributed by atoms with Crippen LogP contribution in [0.2, 0.25) is 0 Å². The van der Waals surface area contributed by atoms with Gasteiger partial charge in [0.1, 0.15) is 0 Å². The Morgan fingerprint density at radius 2 is 2.16 bits per heavy atom. The second-order valence-electron chi connectivity index (χ2n) is 4.37. The molecule has 1 aromatic heterocycles. The lowest BCUT2D eigenvalue weighted by molar-refractivity contribution is -0.255. The molecule has 0 amide bonds. The molecule has 0 bridgehead atoms. The molecule has 0 aliphatic rings. The number of nitrogens with zero attached hydrogens (tertiary/aromatic N) is 1. The molecular formula is C14H14NO4-. The van der Waals surface area contributed by atoms with Gasteiger partial charge in [0.15, 0.2) is 5.43 Å². The fraction of sp³-hybridized carbons (Fsp3) is 0.286. The van der Waals surface area contributed by atoms with Crippen molar-refractivity contribution in [2.75, 3.05) is 13.7 Å². The van der Waals surface area contributed by atoms with Crippen molar-refractivity contribution < 1.29 is 14.6 Å². The third-order valence-corrected chi connectivity index (χ3v) is 2.99. The number of benzene rings is 1. The van der Waals surface area contributed by atoms with E-state index in [4.69, 9.17) is 4.74 Å². The molecule has 19 heavy (non-hydrogen) atoms. The molecule has 0 N–H and O–H groups in total. The van der Waals surface area contributed by atoms with Crippen LogP contribution in [0.4, 0.5) is 0 Å². The highest BCUT2D eigenvalue weighted by atomic mass is 16.5. The third-order valence-electron chi connectivity index (χ3n) is 2.99. The molecule has 0 unspecified atom stereocenters. The van der Waals surface area contributed by atoms with Gasteiger partial charge >= 0.3 is 0 Å². The standard InChI is InChI=1S/C14H15NO4/c1-9-3-4-12-10(7-9)13(16)11(14(17)18)8-15(12)5-6-19-2/h3-4,7-8H,5-6H2,1-2H3,(H,17,18)/p-1. The van der Waals surface area contributed by atoms with E-state index in [0.717, 1.165) is 5.56 Å². The molecule has 0 radical (unpaired) electrons. The number of rotatable bonds is 4. The van der Waals surface area contributed by atoms with Crippen LogP contribution in [0.5, 0.6) is 0 Å². The number of hydrogen-bond donors (Lipinski definition) is 0. The predicted octanol–water partition coefficient (Wildman–Crippen LogP) is 0.320. The van der Waals surface area contributed by atoms with Crippen molar-refractivity contribution in [3.63, 3.8) is 0 Å². The summed E-state index contributed by atoms with van der Waals surface area (Å²) in [6.45, 7) is 2.75. The molecule has 0 atom stereocenters. The van der Waals surface area contributed by atoms with Crippen LogP contribution < -0.4 is 10.5 Å². The number of methoxy groups -OCH3 is 1. The minimum Gasteiger partial charge on any atom is -0.545 e. The van der Waals surface area contributed by atoms with E-state index in [9.17, 15) is 14.7 Å². The minimum atomic E-state index is -1.46. The first-order chi connectivity index (χ1) is 9.04. The quantitative estimate of drug-likeness (QED) is 0.793. The zero-order chi connectivity index (χ0) is 14.0. The van der Waals surface area contributed by atoms with E-state index in [2.05, 4.69) is 0 Å². The molecule has 5 nitrogen and oxygen atoms in total. The number of fused-ring (bicyclic) bond motifs is 1. The number of carboxylic acids is 1. The maximum absolute atomic E-state index is 12.1. The summed E-state index contributed by atoms with van der Waals surface area (Å²) in [6.07, 6.45) is 1.31. The number of pyridine rings is 1. The van der Waals surface area contributed by atoms with Gasteiger partial charge in [0.2, 0.25) is 0 Å². The summed E-state index contributed by atoms with van der Waals surface area (Å²) in [5.74, 6) is -1.46. The Morgan fingerprint density at radius 1 is 1.42 bits per heavy atom. The van der Waals surface area contributed by atoms with Crippen LogP contribution in [0, 0.1) is 6.92 Å². The highest BCUT2D eigenvalue weighted by Gasteiger charge is 2.09. The van der Waals surface area contributed by atoms with Gasteiger partial charge in [0.25, 0.3) is 0 Å². The van der Waals surface area contributed by atoms with E-state index in [0.29, 0.717) is 24.1 Å². The monoisotopic (exact) mass is 260 g/mol. The number of ether oxygens (including phenoxy) is 1. The van der Waals surface area contributed by atoms with E-state index >= 15 is 0 Å². The third kappa shape index (κ3) is 2.51. The Bertz CT molecular complexity index is 688. The Kier molecular flexibility index (Phi) is 3.66. The molecule has 1 heterocycles. The van der Waals surface area contributed by atoms with Crippen molar-refractivity contribution in [3.05, 3.63) is 45.7 Å². The summed E-state index contributed by atoms with van der Waals surface area (Å²) >= 11 is 0. The van der Waals surface area contributed by atoms with Crippen LogP contribution >= 0.6 is 0 Å². The summed E-state index contributed by atoms with van der Waals surface area (Å²) in [6, 6.07) is 5.37. The van der Waals surface area contributed by atoms with Crippen LogP contribution in [0.3, 0.4) is 0 Å². The Hall–Kier alpha value is -2.14. The molecule has 1 aromatic carbocycles. The first-order valence-electron chi connectivity index (χ1n) is 5.88. The maximum Gasteiger partial charge on any atom is 0.198 e.